The van der Waals surface area contributed by atoms with Crippen molar-refractivity contribution in [1.82, 2.24) is 44.6 Å². The van der Waals surface area contributed by atoms with E-state index in [-0.39, 0.29) is 24.9 Å². The minimum Gasteiger partial charge on any atom is -0.394 e. The van der Waals surface area contributed by atoms with Crippen molar-refractivity contribution in [3.63, 3.8) is 0 Å². The van der Waals surface area contributed by atoms with Gasteiger partial charge in [-0.05, 0) is 42.3 Å². The van der Waals surface area contributed by atoms with Crippen LogP contribution in [0.5, 0.6) is 0 Å². The molecule has 7 rings (SSSR count). The van der Waals surface area contributed by atoms with E-state index in [9.17, 15) is 15.3 Å². The topological polar surface area (TPSA) is 184 Å². The summed E-state index contributed by atoms with van der Waals surface area (Å²) >= 11 is 0. The normalized spacial score (nSPS) is 21.7. The maximum absolute atomic E-state index is 11.2. The summed E-state index contributed by atoms with van der Waals surface area (Å²) in [6.07, 6.45) is 0.481. The Labute approximate surface area is 277 Å². The van der Waals surface area contributed by atoms with Crippen molar-refractivity contribution in [3.8, 4) is 0 Å². The van der Waals surface area contributed by atoms with Gasteiger partial charge in [-0.25, -0.2) is 4.98 Å². The smallest absolute Gasteiger partial charge is 0.226 e. The highest BCUT2D eigenvalue weighted by Crippen LogP contribution is 2.39. The first-order valence-electron chi connectivity index (χ1n) is 16.5. The van der Waals surface area contributed by atoms with Crippen molar-refractivity contribution in [2.75, 3.05) is 50.0 Å². The zero-order chi connectivity index (χ0) is 32.9. The van der Waals surface area contributed by atoms with Crippen LogP contribution in [0.3, 0.4) is 0 Å². The molecule has 15 nitrogen and oxygen atoms in total. The fraction of sp³-hybridized carbons (Fsp3) is 0.455. The van der Waals surface area contributed by atoms with Crippen LogP contribution < -0.4 is 10.6 Å². The number of likely N-dealkylation sites (tertiary alicyclic amines) is 1. The lowest BCUT2D eigenvalue weighted by molar-refractivity contribution is -0.0384. The maximum Gasteiger partial charge on any atom is 0.226 e. The summed E-state index contributed by atoms with van der Waals surface area (Å²) in [5.41, 5.74) is 3.26. The van der Waals surface area contributed by atoms with Crippen LogP contribution >= 0.6 is 0 Å². The molecule has 0 bridgehead atoms. The molecule has 252 valence electrons. The van der Waals surface area contributed by atoms with Gasteiger partial charge in [-0.1, -0.05) is 67.1 Å². The summed E-state index contributed by atoms with van der Waals surface area (Å²) in [5.74, 6) is 1.09. The Kier molecular flexibility index (Phi) is 9.81. The molecule has 0 radical (unpaired) electrons. The number of aliphatic hydroxyl groups is 3. The van der Waals surface area contributed by atoms with Crippen molar-refractivity contribution in [3.05, 3.63) is 83.9 Å². The third-order valence-electron chi connectivity index (χ3n) is 8.99. The van der Waals surface area contributed by atoms with Gasteiger partial charge in [-0.15, -0.1) is 10.2 Å². The van der Waals surface area contributed by atoms with Gasteiger partial charge in [0.1, 0.15) is 12.2 Å². The molecule has 2 aliphatic heterocycles. The molecule has 0 aliphatic carbocycles. The van der Waals surface area contributed by atoms with E-state index in [2.05, 4.69) is 60.2 Å². The number of imidazole rings is 1. The van der Waals surface area contributed by atoms with Gasteiger partial charge in [0.05, 0.1) is 19.5 Å². The molecule has 48 heavy (non-hydrogen) atoms. The predicted molar refractivity (Wildman–Crippen MR) is 177 cm³/mol. The number of hydrogen-bond donors (Lipinski definition) is 5. The van der Waals surface area contributed by atoms with Gasteiger partial charge in [0.15, 0.2) is 29.3 Å². The van der Waals surface area contributed by atoms with E-state index in [1.807, 2.05) is 36.4 Å². The minimum atomic E-state index is -1.33. The second kappa shape index (κ2) is 14.7. The fourth-order valence-electron chi connectivity index (χ4n) is 6.47. The van der Waals surface area contributed by atoms with E-state index >= 15 is 0 Å². The number of aromatic nitrogens is 8. The number of nitrogens with zero attached hydrogens (tertiary/aromatic N) is 9. The largest absolute Gasteiger partial charge is 0.394 e. The summed E-state index contributed by atoms with van der Waals surface area (Å²) in [4.78, 5) is 18.0. The molecular weight excluding hydrogens is 614 g/mol. The molecule has 5 aromatic rings. The monoisotopic (exact) mass is 655 g/mol. The number of fused-ring (bicyclic) bond motifs is 1. The number of benzene rings is 2. The predicted octanol–water partition coefficient (Wildman–Crippen LogP) is 1.94. The summed E-state index contributed by atoms with van der Waals surface area (Å²) < 4.78 is 7.75. The molecule has 0 unspecified atom stereocenters. The summed E-state index contributed by atoms with van der Waals surface area (Å²) in [5, 5.41) is 50.4. The van der Waals surface area contributed by atoms with Crippen molar-refractivity contribution < 1.29 is 20.1 Å². The van der Waals surface area contributed by atoms with Crippen LogP contribution in [-0.4, -0.2) is 111 Å². The first kappa shape index (κ1) is 32.0. The van der Waals surface area contributed by atoms with E-state index in [0.717, 1.165) is 19.6 Å². The summed E-state index contributed by atoms with van der Waals surface area (Å²) in [7, 11) is 0. The Morgan fingerprint density at radius 2 is 1.60 bits per heavy atom. The molecular formula is C33H41N11O4. The van der Waals surface area contributed by atoms with Crippen LogP contribution in [-0.2, 0) is 11.3 Å². The molecule has 2 aliphatic rings. The van der Waals surface area contributed by atoms with Crippen LogP contribution in [0.2, 0.25) is 0 Å². The molecule has 2 aromatic carbocycles. The number of ether oxygens (including phenoxy) is 1. The zero-order valence-corrected chi connectivity index (χ0v) is 26.6. The zero-order valence-electron chi connectivity index (χ0n) is 26.6. The van der Waals surface area contributed by atoms with Gasteiger partial charge in [-0.3, -0.25) is 4.57 Å². The van der Waals surface area contributed by atoms with E-state index in [1.165, 1.54) is 41.5 Å². The lowest BCUT2D eigenvalue weighted by atomic mass is 9.91. The molecule has 3 aromatic heterocycles. The second-order valence-corrected chi connectivity index (χ2v) is 12.2. The van der Waals surface area contributed by atoms with Crippen LogP contribution in [0.1, 0.15) is 54.5 Å². The Hall–Kier alpha value is -4.54. The van der Waals surface area contributed by atoms with E-state index in [1.54, 1.807) is 4.57 Å². The summed E-state index contributed by atoms with van der Waals surface area (Å²) in [6, 6.07) is 20.7. The quantitative estimate of drug-likeness (QED) is 0.124. The third kappa shape index (κ3) is 6.86. The van der Waals surface area contributed by atoms with E-state index < -0.39 is 24.5 Å². The molecule has 0 spiro atoms. The highest BCUT2D eigenvalue weighted by Gasteiger charge is 2.47. The molecule has 5 N–H and O–H groups in total. The van der Waals surface area contributed by atoms with E-state index in [0.29, 0.717) is 36.0 Å². The highest BCUT2D eigenvalue weighted by atomic mass is 16.6. The number of rotatable bonds is 13. The van der Waals surface area contributed by atoms with Gasteiger partial charge in [0.25, 0.3) is 0 Å². The maximum atomic E-state index is 11.2. The first-order valence-corrected chi connectivity index (χ1v) is 16.5. The lowest BCUT2D eigenvalue weighted by Crippen LogP contribution is -2.34. The molecule has 4 atom stereocenters. The molecule has 2 fully saturated rings. The lowest BCUT2D eigenvalue weighted by Gasteiger charge is -2.26. The van der Waals surface area contributed by atoms with Gasteiger partial charge >= 0.3 is 0 Å². The first-order chi connectivity index (χ1) is 23.6. The standard InChI is InChI=1S/C33H41N11O4/c45-19-18-44-40-30(39-41-44)28-26(46)27(47)32(48-28)43-21-36-25-29(37-33(38-31(25)43)34-14-17-42-15-8-3-9-16-42)35-20-24(22-10-4-1-5-11-22)23-12-6-2-7-13-23/h1-2,4-7,10-13,21,24,26-28,32,45-47H,3,8-9,14-20H2,(H2,34,35,37,38)/t26-,27+,28-,32+/m0/s1. The number of hydrogen-bond acceptors (Lipinski definition) is 13. The fourth-order valence-corrected chi connectivity index (χ4v) is 6.47. The van der Waals surface area contributed by atoms with Crippen molar-refractivity contribution in [2.45, 2.75) is 56.3 Å². The van der Waals surface area contributed by atoms with Gasteiger partial charge in [-0.2, -0.15) is 14.8 Å². The Morgan fingerprint density at radius 1 is 0.875 bits per heavy atom. The molecule has 2 saturated heterocycles. The number of piperidine rings is 1. The average molecular weight is 656 g/mol. The van der Waals surface area contributed by atoms with Crippen molar-refractivity contribution >= 4 is 22.9 Å². The van der Waals surface area contributed by atoms with Crippen LogP contribution in [0.4, 0.5) is 11.8 Å². The van der Waals surface area contributed by atoms with Gasteiger partial charge < -0.3 is 35.6 Å². The minimum absolute atomic E-state index is 0.0395. The molecule has 15 heteroatoms. The summed E-state index contributed by atoms with van der Waals surface area (Å²) in [6.45, 7) is 4.22. The SMILES string of the molecule is OCCn1nnc([C@H]2O[C@@H](n3cnc4c(NCC(c5ccccc5)c5ccccc5)nc(NCCN5CCCCC5)nc43)[C@H](O)[C@@H]2O)n1. The number of anilines is 2. The van der Waals surface area contributed by atoms with E-state index in [4.69, 9.17) is 14.7 Å². The molecule has 0 amide bonds. The third-order valence-corrected chi connectivity index (χ3v) is 8.99. The van der Waals surface area contributed by atoms with Crippen LogP contribution in [0.25, 0.3) is 11.2 Å². The Bertz CT molecular complexity index is 1720. The molecule has 0 saturated carbocycles. The van der Waals surface area contributed by atoms with Crippen molar-refractivity contribution in [2.24, 2.45) is 0 Å². The average Bonchev–Trinajstić information content (AvgIpc) is 3.84. The number of nitrogens with one attached hydrogen (secondary N) is 2. The van der Waals surface area contributed by atoms with Crippen molar-refractivity contribution in [1.29, 1.82) is 0 Å². The highest BCUT2D eigenvalue weighted by molar-refractivity contribution is 5.84. The number of tetrazole rings is 1. The number of aliphatic hydroxyl groups excluding tert-OH is 3. The Balaban J connectivity index is 1.19. The van der Waals surface area contributed by atoms with Gasteiger partial charge in [0, 0.05) is 25.6 Å². The van der Waals surface area contributed by atoms with Crippen LogP contribution in [0.15, 0.2) is 67.0 Å². The van der Waals surface area contributed by atoms with Gasteiger partial charge in [0.2, 0.25) is 11.8 Å². The Morgan fingerprint density at radius 3 is 2.31 bits per heavy atom. The van der Waals surface area contributed by atoms with Crippen LogP contribution in [0, 0.1) is 0 Å². The second-order valence-electron chi connectivity index (χ2n) is 12.2. The molecule has 5 heterocycles.